The number of hydrogen-bond donors (Lipinski definition) is 0. The number of rotatable bonds is 10. The van der Waals surface area contributed by atoms with Crippen molar-refractivity contribution in [2.75, 3.05) is 13.2 Å². The molecule has 0 bridgehead atoms. The molecule has 0 N–H and O–H groups in total. The third kappa shape index (κ3) is 8.00. The van der Waals surface area contributed by atoms with Gasteiger partial charge in [0.2, 0.25) is 0 Å². The second-order valence-corrected chi connectivity index (χ2v) is 7.63. The smallest absolute Gasteiger partial charge is 0.334 e. The van der Waals surface area contributed by atoms with E-state index in [4.69, 9.17) is 8.85 Å². The Hall–Kier alpha value is 0.137. The zero-order chi connectivity index (χ0) is 11.6. The molecule has 0 atom stereocenters. The van der Waals surface area contributed by atoms with E-state index in [1.807, 2.05) is 0 Å². The van der Waals surface area contributed by atoms with Crippen LogP contribution >= 0.6 is 0 Å². The van der Waals surface area contributed by atoms with E-state index in [2.05, 4.69) is 27.3 Å². The molecule has 0 aromatic carbocycles. The quantitative estimate of drug-likeness (QED) is 0.417. The van der Waals surface area contributed by atoms with E-state index in [9.17, 15) is 0 Å². The van der Waals surface area contributed by atoms with Gasteiger partial charge >= 0.3 is 8.56 Å². The second-order valence-electron chi connectivity index (χ2n) is 4.29. The minimum absolute atomic E-state index is 0.860. The van der Waals surface area contributed by atoms with Gasteiger partial charge in [-0.1, -0.05) is 40.0 Å². The van der Waals surface area contributed by atoms with Gasteiger partial charge in [0.25, 0.3) is 0 Å². The molecular weight excluding hydrogens is 204 g/mol. The van der Waals surface area contributed by atoms with Crippen molar-refractivity contribution in [2.45, 2.75) is 65.5 Å². The summed E-state index contributed by atoms with van der Waals surface area (Å²) in [5, 5.41) is 0. The molecule has 3 heteroatoms. The van der Waals surface area contributed by atoms with Crippen LogP contribution in [0.15, 0.2) is 0 Å². The molecule has 0 rings (SSSR count). The van der Waals surface area contributed by atoms with Gasteiger partial charge in [-0.25, -0.2) is 0 Å². The summed E-state index contributed by atoms with van der Waals surface area (Å²) in [4.78, 5) is 0. The molecule has 0 aromatic rings. The maximum Gasteiger partial charge on any atom is 0.334 e. The second kappa shape index (κ2) is 9.37. The maximum absolute atomic E-state index is 5.94. The van der Waals surface area contributed by atoms with Crippen molar-refractivity contribution < 1.29 is 8.85 Å². The monoisotopic (exact) mass is 232 g/mol. The topological polar surface area (TPSA) is 18.5 Å². The van der Waals surface area contributed by atoms with E-state index in [0.29, 0.717) is 0 Å². The van der Waals surface area contributed by atoms with Gasteiger partial charge in [-0.2, -0.15) is 0 Å². The predicted octanol–water partition coefficient (Wildman–Crippen LogP) is 4.10. The molecule has 15 heavy (non-hydrogen) atoms. The molecule has 0 saturated carbocycles. The summed E-state index contributed by atoms with van der Waals surface area (Å²) in [5.74, 6) is 0. The molecule has 0 aliphatic rings. The molecule has 92 valence electrons. The van der Waals surface area contributed by atoms with Gasteiger partial charge in [0.15, 0.2) is 0 Å². The molecule has 0 radical (unpaired) electrons. The lowest BCUT2D eigenvalue weighted by atomic mass is 10.3. The third-order valence-electron chi connectivity index (χ3n) is 2.46. The van der Waals surface area contributed by atoms with Crippen LogP contribution < -0.4 is 0 Å². The highest BCUT2D eigenvalue weighted by Crippen LogP contribution is 2.18. The molecule has 0 unspecified atom stereocenters. The van der Waals surface area contributed by atoms with Crippen LogP contribution in [-0.4, -0.2) is 21.8 Å². The standard InChI is InChI=1S/C12H28O2Si/c1-5-8-9-12-15(4,13-10-6-2)14-11-7-3/h5-12H2,1-4H3. The van der Waals surface area contributed by atoms with Crippen LogP contribution in [0.5, 0.6) is 0 Å². The zero-order valence-corrected chi connectivity index (χ0v) is 12.0. The summed E-state index contributed by atoms with van der Waals surface area (Å²) in [6, 6.07) is 1.15. The summed E-state index contributed by atoms with van der Waals surface area (Å²) in [6.45, 7) is 10.5. The third-order valence-corrected chi connectivity index (χ3v) is 5.35. The van der Waals surface area contributed by atoms with Crippen molar-refractivity contribution in [1.29, 1.82) is 0 Å². The molecule has 0 amide bonds. The van der Waals surface area contributed by atoms with Crippen LogP contribution in [0.4, 0.5) is 0 Å². The first kappa shape index (κ1) is 15.1. The highest BCUT2D eigenvalue weighted by atomic mass is 28.4. The van der Waals surface area contributed by atoms with Crippen LogP contribution in [-0.2, 0) is 8.85 Å². The van der Waals surface area contributed by atoms with Crippen molar-refractivity contribution in [3.8, 4) is 0 Å². The van der Waals surface area contributed by atoms with Gasteiger partial charge in [-0.05, 0) is 25.4 Å². The average Bonchev–Trinajstić information content (AvgIpc) is 2.24. The van der Waals surface area contributed by atoms with Gasteiger partial charge in [0, 0.05) is 13.2 Å². The van der Waals surface area contributed by atoms with Crippen molar-refractivity contribution in [3.63, 3.8) is 0 Å². The van der Waals surface area contributed by atoms with Gasteiger partial charge in [-0.3, -0.25) is 0 Å². The maximum atomic E-state index is 5.94. The first-order valence-corrected chi connectivity index (χ1v) is 8.98. The Balaban J connectivity index is 3.89. The predicted molar refractivity (Wildman–Crippen MR) is 68.4 cm³/mol. The Morgan fingerprint density at radius 3 is 1.73 bits per heavy atom. The van der Waals surface area contributed by atoms with E-state index in [-0.39, 0.29) is 0 Å². The van der Waals surface area contributed by atoms with E-state index < -0.39 is 8.56 Å². The van der Waals surface area contributed by atoms with E-state index in [1.54, 1.807) is 0 Å². The fourth-order valence-electron chi connectivity index (χ4n) is 1.52. The van der Waals surface area contributed by atoms with Crippen LogP contribution in [0.1, 0.15) is 52.9 Å². The van der Waals surface area contributed by atoms with Crippen molar-refractivity contribution >= 4 is 8.56 Å². The molecule has 2 nitrogen and oxygen atoms in total. The first-order valence-electron chi connectivity index (χ1n) is 6.46. The summed E-state index contributed by atoms with van der Waals surface area (Å²) in [7, 11) is -1.83. The van der Waals surface area contributed by atoms with Gasteiger partial charge < -0.3 is 8.85 Å². The summed E-state index contributed by atoms with van der Waals surface area (Å²) >= 11 is 0. The van der Waals surface area contributed by atoms with Crippen LogP contribution in [0.25, 0.3) is 0 Å². The first-order chi connectivity index (χ1) is 7.18. The lowest BCUT2D eigenvalue weighted by Crippen LogP contribution is -2.39. The largest absolute Gasteiger partial charge is 0.394 e. The Morgan fingerprint density at radius 2 is 1.33 bits per heavy atom. The molecule has 0 spiro atoms. The molecule has 0 heterocycles. The Labute approximate surface area is 96.6 Å². The van der Waals surface area contributed by atoms with Crippen LogP contribution in [0.2, 0.25) is 12.6 Å². The molecule has 0 saturated heterocycles. The zero-order valence-electron chi connectivity index (χ0n) is 11.0. The molecule has 0 aliphatic carbocycles. The molecule has 0 aromatic heterocycles. The number of hydrogen-bond acceptors (Lipinski definition) is 2. The van der Waals surface area contributed by atoms with Gasteiger partial charge in [0.05, 0.1) is 0 Å². The van der Waals surface area contributed by atoms with Crippen molar-refractivity contribution in [1.82, 2.24) is 0 Å². The van der Waals surface area contributed by atoms with Crippen molar-refractivity contribution in [3.05, 3.63) is 0 Å². The van der Waals surface area contributed by atoms with Crippen molar-refractivity contribution in [2.24, 2.45) is 0 Å². The molecular formula is C12H28O2Si. The summed E-state index contributed by atoms with van der Waals surface area (Å²) < 4.78 is 11.9. The SMILES string of the molecule is CCCCC[Si](C)(OCCC)OCCC. The Morgan fingerprint density at radius 1 is 0.800 bits per heavy atom. The fourth-order valence-corrected chi connectivity index (χ4v) is 4.05. The average molecular weight is 232 g/mol. The van der Waals surface area contributed by atoms with E-state index in [0.717, 1.165) is 32.1 Å². The van der Waals surface area contributed by atoms with E-state index >= 15 is 0 Å². The minimum Gasteiger partial charge on any atom is -0.394 e. The lowest BCUT2D eigenvalue weighted by molar-refractivity contribution is 0.172. The summed E-state index contributed by atoms with van der Waals surface area (Å²) in [5.41, 5.74) is 0. The van der Waals surface area contributed by atoms with Gasteiger partial charge in [-0.15, -0.1) is 0 Å². The minimum atomic E-state index is -1.83. The molecule has 0 fully saturated rings. The number of unbranched alkanes of at least 4 members (excludes halogenated alkanes) is 2. The van der Waals surface area contributed by atoms with Crippen LogP contribution in [0.3, 0.4) is 0 Å². The highest BCUT2D eigenvalue weighted by molar-refractivity contribution is 6.66. The molecule has 0 aliphatic heterocycles. The Kier molecular flexibility index (Phi) is 9.45. The highest BCUT2D eigenvalue weighted by Gasteiger charge is 2.30. The fraction of sp³-hybridized carbons (Fsp3) is 1.00. The Bertz CT molecular complexity index is 132. The van der Waals surface area contributed by atoms with E-state index in [1.165, 1.54) is 19.3 Å². The normalized spacial score (nSPS) is 12.0. The van der Waals surface area contributed by atoms with Gasteiger partial charge in [0.1, 0.15) is 0 Å². The lowest BCUT2D eigenvalue weighted by Gasteiger charge is -2.26. The van der Waals surface area contributed by atoms with Crippen LogP contribution in [0, 0.1) is 0 Å². The summed E-state index contributed by atoms with van der Waals surface area (Å²) in [6.07, 6.45) is 6.00.